The smallest absolute Gasteiger partial charge is 0.251 e. The fourth-order valence-corrected chi connectivity index (χ4v) is 3.08. The van der Waals surface area contributed by atoms with Gasteiger partial charge in [-0.2, -0.15) is 0 Å². The van der Waals surface area contributed by atoms with Crippen molar-refractivity contribution >= 4 is 5.91 Å². The van der Waals surface area contributed by atoms with Crippen molar-refractivity contribution in [2.45, 2.75) is 46.6 Å². The van der Waals surface area contributed by atoms with Gasteiger partial charge in [0, 0.05) is 12.1 Å². The summed E-state index contributed by atoms with van der Waals surface area (Å²) in [7, 11) is 0. The second-order valence-electron chi connectivity index (χ2n) is 7.52. The lowest BCUT2D eigenvalue weighted by atomic mass is 10.0. The minimum absolute atomic E-state index is 0.105. The van der Waals surface area contributed by atoms with E-state index in [9.17, 15) is 4.79 Å². The maximum atomic E-state index is 12.5. The highest BCUT2D eigenvalue weighted by atomic mass is 16.5. The van der Waals surface area contributed by atoms with E-state index in [0.29, 0.717) is 30.4 Å². The third-order valence-corrected chi connectivity index (χ3v) is 5.01. The number of hydrogen-bond donors (Lipinski definition) is 1. The molecule has 3 rings (SSSR count). The zero-order valence-electron chi connectivity index (χ0n) is 17.5. The van der Waals surface area contributed by atoms with E-state index in [0.717, 1.165) is 23.4 Å². The molecule has 29 heavy (non-hydrogen) atoms. The first-order valence-electron chi connectivity index (χ1n) is 9.95. The van der Waals surface area contributed by atoms with Gasteiger partial charge >= 0.3 is 0 Å². The number of ether oxygens (including phenoxy) is 1. The fourth-order valence-electron chi connectivity index (χ4n) is 3.08. The SMILES string of the molecule is Cc1noc(C)c1COc1cccc(C(=O)NCCc2ccc(C(C)C)cc2)c1. The molecule has 0 unspecified atom stereocenters. The Labute approximate surface area is 172 Å². The van der Waals surface area contributed by atoms with Crippen molar-refractivity contribution in [3.05, 3.63) is 82.2 Å². The van der Waals surface area contributed by atoms with Crippen LogP contribution in [-0.4, -0.2) is 17.6 Å². The van der Waals surface area contributed by atoms with Gasteiger partial charge in [0.1, 0.15) is 18.1 Å². The van der Waals surface area contributed by atoms with Gasteiger partial charge in [0.05, 0.1) is 11.3 Å². The summed E-state index contributed by atoms with van der Waals surface area (Å²) in [6.07, 6.45) is 0.798. The van der Waals surface area contributed by atoms with Crippen molar-refractivity contribution in [2.24, 2.45) is 0 Å². The molecule has 0 spiro atoms. The van der Waals surface area contributed by atoms with E-state index in [1.54, 1.807) is 12.1 Å². The molecule has 5 nitrogen and oxygen atoms in total. The molecule has 0 bridgehead atoms. The standard InChI is InChI=1S/C24H28N2O3/c1-16(2)20-10-8-19(9-11-20)12-13-25-24(27)21-6-5-7-22(14-21)28-15-23-17(3)26-29-18(23)4/h5-11,14,16H,12-13,15H2,1-4H3,(H,25,27). The summed E-state index contributed by atoms with van der Waals surface area (Å²) in [6.45, 7) is 9.06. The van der Waals surface area contributed by atoms with Crippen LogP contribution in [-0.2, 0) is 13.0 Å². The van der Waals surface area contributed by atoms with Crippen LogP contribution in [0.15, 0.2) is 53.1 Å². The Morgan fingerprint density at radius 2 is 1.90 bits per heavy atom. The van der Waals surface area contributed by atoms with Gasteiger partial charge in [-0.3, -0.25) is 4.79 Å². The lowest BCUT2D eigenvalue weighted by Gasteiger charge is -2.10. The van der Waals surface area contributed by atoms with E-state index < -0.39 is 0 Å². The summed E-state index contributed by atoms with van der Waals surface area (Å²) < 4.78 is 11.0. The molecule has 0 aliphatic heterocycles. The van der Waals surface area contributed by atoms with E-state index in [1.807, 2.05) is 26.0 Å². The van der Waals surface area contributed by atoms with Crippen LogP contribution in [0.4, 0.5) is 0 Å². The third-order valence-electron chi connectivity index (χ3n) is 5.01. The first-order chi connectivity index (χ1) is 13.9. The highest BCUT2D eigenvalue weighted by Crippen LogP contribution is 2.19. The molecule has 2 aromatic carbocycles. The van der Waals surface area contributed by atoms with Gasteiger partial charge < -0.3 is 14.6 Å². The molecule has 0 fully saturated rings. The number of nitrogens with one attached hydrogen (secondary N) is 1. The van der Waals surface area contributed by atoms with Crippen LogP contribution >= 0.6 is 0 Å². The normalized spacial score (nSPS) is 10.9. The molecule has 0 atom stereocenters. The Bertz CT molecular complexity index is 939. The van der Waals surface area contributed by atoms with Crippen molar-refractivity contribution in [3.8, 4) is 5.75 Å². The van der Waals surface area contributed by atoms with Crippen LogP contribution in [0.1, 0.15) is 58.3 Å². The van der Waals surface area contributed by atoms with Crippen LogP contribution in [0.3, 0.4) is 0 Å². The highest BCUT2D eigenvalue weighted by molar-refractivity contribution is 5.94. The molecular formula is C24H28N2O3. The third kappa shape index (κ3) is 5.47. The van der Waals surface area contributed by atoms with Crippen LogP contribution in [0.25, 0.3) is 0 Å². The van der Waals surface area contributed by atoms with Gasteiger partial charge in [-0.1, -0.05) is 49.3 Å². The molecule has 0 saturated carbocycles. The molecular weight excluding hydrogens is 364 g/mol. The number of carbonyl (C=O) groups is 1. The largest absolute Gasteiger partial charge is 0.489 e. The fraction of sp³-hybridized carbons (Fsp3) is 0.333. The summed E-state index contributed by atoms with van der Waals surface area (Å²) in [5.41, 5.74) is 4.87. The van der Waals surface area contributed by atoms with Gasteiger partial charge in [-0.15, -0.1) is 0 Å². The maximum Gasteiger partial charge on any atom is 0.251 e. The molecule has 0 aliphatic carbocycles. The number of carbonyl (C=O) groups excluding carboxylic acids is 1. The van der Waals surface area contributed by atoms with Crippen molar-refractivity contribution in [1.29, 1.82) is 0 Å². The molecule has 5 heteroatoms. The molecule has 1 amide bonds. The van der Waals surface area contributed by atoms with Crippen LogP contribution < -0.4 is 10.1 Å². The number of benzene rings is 2. The summed E-state index contributed by atoms with van der Waals surface area (Å²) in [4.78, 5) is 12.5. The first-order valence-corrected chi connectivity index (χ1v) is 9.95. The second kappa shape index (κ2) is 9.41. The van der Waals surface area contributed by atoms with Gasteiger partial charge in [0.25, 0.3) is 5.91 Å². The lowest BCUT2D eigenvalue weighted by Crippen LogP contribution is -2.25. The van der Waals surface area contributed by atoms with Crippen molar-refractivity contribution < 1.29 is 14.1 Å². The average molecular weight is 392 g/mol. The number of nitrogens with zero attached hydrogens (tertiary/aromatic N) is 1. The Morgan fingerprint density at radius 3 is 2.55 bits per heavy atom. The molecule has 152 valence electrons. The van der Waals surface area contributed by atoms with Crippen LogP contribution in [0.2, 0.25) is 0 Å². The average Bonchev–Trinajstić information content (AvgIpc) is 3.04. The highest BCUT2D eigenvalue weighted by Gasteiger charge is 2.11. The minimum Gasteiger partial charge on any atom is -0.489 e. The van der Waals surface area contributed by atoms with E-state index >= 15 is 0 Å². The Hall–Kier alpha value is -3.08. The molecule has 0 saturated heterocycles. The van der Waals surface area contributed by atoms with Crippen molar-refractivity contribution in [3.63, 3.8) is 0 Å². The predicted molar refractivity (Wildman–Crippen MR) is 113 cm³/mol. The summed E-state index contributed by atoms with van der Waals surface area (Å²) in [5.74, 6) is 1.81. The van der Waals surface area contributed by atoms with Gasteiger partial charge in [-0.05, 0) is 55.5 Å². The number of amides is 1. The molecule has 1 N–H and O–H groups in total. The Morgan fingerprint density at radius 1 is 1.14 bits per heavy atom. The molecule has 1 aromatic heterocycles. The van der Waals surface area contributed by atoms with Crippen molar-refractivity contribution in [1.82, 2.24) is 10.5 Å². The number of hydrogen-bond acceptors (Lipinski definition) is 4. The quantitative estimate of drug-likeness (QED) is 0.588. The molecule has 0 aliphatic rings. The Balaban J connectivity index is 1.52. The summed E-state index contributed by atoms with van der Waals surface area (Å²) in [6, 6.07) is 15.8. The molecule has 0 radical (unpaired) electrons. The van der Waals surface area contributed by atoms with Gasteiger partial charge in [0.2, 0.25) is 0 Å². The lowest BCUT2D eigenvalue weighted by molar-refractivity contribution is 0.0953. The summed E-state index contributed by atoms with van der Waals surface area (Å²) >= 11 is 0. The second-order valence-corrected chi connectivity index (χ2v) is 7.52. The maximum absolute atomic E-state index is 12.5. The predicted octanol–water partition coefficient (Wildman–Crippen LogP) is 4.97. The zero-order valence-corrected chi connectivity index (χ0v) is 17.5. The number of rotatable bonds is 8. The van der Waals surface area contributed by atoms with E-state index in [-0.39, 0.29) is 5.91 Å². The van der Waals surface area contributed by atoms with Crippen molar-refractivity contribution in [2.75, 3.05) is 6.54 Å². The summed E-state index contributed by atoms with van der Waals surface area (Å²) in [5, 5.41) is 6.91. The Kier molecular flexibility index (Phi) is 6.70. The van der Waals surface area contributed by atoms with Crippen LogP contribution in [0.5, 0.6) is 5.75 Å². The molecule has 1 heterocycles. The van der Waals surface area contributed by atoms with Gasteiger partial charge in [0.15, 0.2) is 0 Å². The topological polar surface area (TPSA) is 64.4 Å². The zero-order chi connectivity index (χ0) is 20.8. The minimum atomic E-state index is -0.105. The number of aromatic nitrogens is 1. The van der Waals surface area contributed by atoms with E-state index in [4.69, 9.17) is 9.26 Å². The van der Waals surface area contributed by atoms with E-state index in [2.05, 4.69) is 48.6 Å². The first kappa shape index (κ1) is 20.6. The molecule has 3 aromatic rings. The number of aryl methyl sites for hydroxylation is 2. The van der Waals surface area contributed by atoms with Crippen LogP contribution in [0, 0.1) is 13.8 Å². The van der Waals surface area contributed by atoms with Gasteiger partial charge in [-0.25, -0.2) is 0 Å². The van der Waals surface area contributed by atoms with E-state index in [1.165, 1.54) is 11.1 Å². The monoisotopic (exact) mass is 392 g/mol.